The second-order valence-electron chi connectivity index (χ2n) is 2.77. The van der Waals surface area contributed by atoms with Crippen molar-refractivity contribution in [1.29, 1.82) is 0 Å². The van der Waals surface area contributed by atoms with E-state index in [4.69, 9.17) is 16.7 Å². The molecule has 4 nitrogen and oxygen atoms in total. The Bertz CT molecular complexity index is 449. The summed E-state index contributed by atoms with van der Waals surface area (Å²) in [6, 6.07) is 4.76. The molecule has 0 radical (unpaired) electrons. The van der Waals surface area contributed by atoms with Gasteiger partial charge in [-0.05, 0) is 34.1 Å². The maximum atomic E-state index is 11.3. The molecule has 0 spiro atoms. The third-order valence-corrected chi connectivity index (χ3v) is 3.73. The lowest BCUT2D eigenvalue weighted by Crippen LogP contribution is -2.19. The first kappa shape index (κ1) is 12.8. The van der Waals surface area contributed by atoms with Crippen LogP contribution >= 0.6 is 27.5 Å². The monoisotopic (exact) mass is 313 g/mol. The smallest absolute Gasteiger partial charge is 0.235 e. The van der Waals surface area contributed by atoms with Crippen molar-refractivity contribution in [2.45, 2.75) is 0 Å². The maximum absolute atomic E-state index is 11.3. The fourth-order valence-corrected chi connectivity index (χ4v) is 2.41. The standard InChI is InChI=1S/C8H9BrClNO3S/c9-7-2-1-6(10)5-8(7)11-15(13,14)4-3-12/h1-2,5,11-12H,3-4H2. The van der Waals surface area contributed by atoms with E-state index in [-0.39, 0.29) is 5.75 Å². The summed E-state index contributed by atoms with van der Waals surface area (Å²) in [5.74, 6) is -0.341. The highest BCUT2D eigenvalue weighted by Gasteiger charge is 2.11. The van der Waals surface area contributed by atoms with E-state index in [0.29, 0.717) is 15.2 Å². The Morgan fingerprint density at radius 2 is 2.13 bits per heavy atom. The maximum Gasteiger partial charge on any atom is 0.235 e. The number of sulfonamides is 1. The summed E-state index contributed by atoms with van der Waals surface area (Å²) in [6.07, 6.45) is 0. The lowest BCUT2D eigenvalue weighted by molar-refractivity contribution is 0.320. The average Bonchev–Trinajstić information content (AvgIpc) is 2.10. The van der Waals surface area contributed by atoms with E-state index in [9.17, 15) is 8.42 Å². The third-order valence-electron chi connectivity index (χ3n) is 1.55. The zero-order chi connectivity index (χ0) is 11.5. The highest BCUT2D eigenvalue weighted by atomic mass is 79.9. The van der Waals surface area contributed by atoms with Crippen LogP contribution in [0, 0.1) is 0 Å². The van der Waals surface area contributed by atoms with Crippen LogP contribution in [0.2, 0.25) is 5.02 Å². The first-order valence-electron chi connectivity index (χ1n) is 4.01. The van der Waals surface area contributed by atoms with Gasteiger partial charge in [-0.1, -0.05) is 11.6 Å². The largest absolute Gasteiger partial charge is 0.395 e. The van der Waals surface area contributed by atoms with Crippen molar-refractivity contribution >= 4 is 43.2 Å². The Labute approximate surface area is 101 Å². The van der Waals surface area contributed by atoms with Gasteiger partial charge in [-0.15, -0.1) is 0 Å². The molecule has 2 N–H and O–H groups in total. The van der Waals surface area contributed by atoms with Crippen LogP contribution in [0.3, 0.4) is 0 Å². The van der Waals surface area contributed by atoms with Crippen LogP contribution in [0.5, 0.6) is 0 Å². The number of aliphatic hydroxyl groups is 1. The number of benzene rings is 1. The lowest BCUT2D eigenvalue weighted by atomic mass is 10.3. The molecular weight excluding hydrogens is 306 g/mol. The number of anilines is 1. The molecule has 0 unspecified atom stereocenters. The topological polar surface area (TPSA) is 66.4 Å². The Balaban J connectivity index is 2.94. The predicted molar refractivity (Wildman–Crippen MR) is 63.6 cm³/mol. The molecule has 0 saturated heterocycles. The summed E-state index contributed by atoms with van der Waals surface area (Å²) in [5, 5.41) is 8.98. The zero-order valence-electron chi connectivity index (χ0n) is 7.57. The summed E-state index contributed by atoms with van der Waals surface area (Å²) in [6.45, 7) is -0.423. The van der Waals surface area contributed by atoms with Crippen molar-refractivity contribution in [3.05, 3.63) is 27.7 Å². The molecule has 84 valence electrons. The van der Waals surface area contributed by atoms with Gasteiger partial charge in [0.15, 0.2) is 0 Å². The Morgan fingerprint density at radius 3 is 2.73 bits per heavy atom. The molecule has 0 bridgehead atoms. The van der Waals surface area contributed by atoms with Crippen LogP contribution in [-0.2, 0) is 10.0 Å². The van der Waals surface area contributed by atoms with Crippen LogP contribution in [0.1, 0.15) is 0 Å². The minimum absolute atomic E-state index is 0.341. The average molecular weight is 315 g/mol. The third kappa shape index (κ3) is 3.98. The Kier molecular flexibility index (Phi) is 4.39. The molecule has 15 heavy (non-hydrogen) atoms. The van der Waals surface area contributed by atoms with Gasteiger partial charge < -0.3 is 5.11 Å². The molecule has 1 aromatic rings. The molecule has 0 aliphatic carbocycles. The van der Waals surface area contributed by atoms with Crippen LogP contribution in [0.4, 0.5) is 5.69 Å². The number of nitrogens with one attached hydrogen (secondary N) is 1. The summed E-state index contributed by atoms with van der Waals surface area (Å²) < 4.78 is 25.6. The van der Waals surface area contributed by atoms with Crippen LogP contribution in [0.15, 0.2) is 22.7 Å². The molecule has 1 rings (SSSR count). The molecule has 0 aliphatic heterocycles. The van der Waals surface area contributed by atoms with E-state index < -0.39 is 16.6 Å². The van der Waals surface area contributed by atoms with E-state index in [1.165, 1.54) is 6.07 Å². The normalized spacial score (nSPS) is 11.4. The summed E-state index contributed by atoms with van der Waals surface area (Å²) >= 11 is 8.90. The number of halogens is 2. The van der Waals surface area contributed by atoms with E-state index in [2.05, 4.69) is 20.7 Å². The number of rotatable bonds is 4. The second-order valence-corrected chi connectivity index (χ2v) is 5.90. The van der Waals surface area contributed by atoms with E-state index in [0.717, 1.165) is 0 Å². The Hall–Kier alpha value is -0.300. The minimum Gasteiger partial charge on any atom is -0.395 e. The highest BCUT2D eigenvalue weighted by molar-refractivity contribution is 9.10. The molecule has 0 saturated carbocycles. The van der Waals surface area contributed by atoms with Crippen molar-refractivity contribution in [3.63, 3.8) is 0 Å². The number of aliphatic hydroxyl groups excluding tert-OH is 1. The molecule has 0 atom stereocenters. The van der Waals surface area contributed by atoms with Crippen molar-refractivity contribution in [2.24, 2.45) is 0 Å². The quantitative estimate of drug-likeness (QED) is 0.891. The van der Waals surface area contributed by atoms with Gasteiger partial charge >= 0.3 is 0 Å². The van der Waals surface area contributed by atoms with E-state index in [1.807, 2.05) is 0 Å². The van der Waals surface area contributed by atoms with Gasteiger partial charge in [0.2, 0.25) is 10.0 Å². The van der Waals surface area contributed by atoms with Gasteiger partial charge in [-0.3, -0.25) is 4.72 Å². The highest BCUT2D eigenvalue weighted by Crippen LogP contribution is 2.26. The molecule has 7 heteroatoms. The molecule has 0 aromatic heterocycles. The first-order chi connectivity index (χ1) is 6.94. The molecule has 1 aromatic carbocycles. The fourth-order valence-electron chi connectivity index (χ4n) is 0.914. The SMILES string of the molecule is O=S(=O)(CCO)Nc1cc(Cl)ccc1Br. The second kappa shape index (κ2) is 5.16. The summed E-state index contributed by atoms with van der Waals surface area (Å²) in [5.41, 5.74) is 0.357. The Morgan fingerprint density at radius 1 is 1.47 bits per heavy atom. The molecular formula is C8H9BrClNO3S. The summed E-state index contributed by atoms with van der Waals surface area (Å²) in [7, 11) is -3.51. The van der Waals surface area contributed by atoms with Crippen molar-refractivity contribution < 1.29 is 13.5 Å². The first-order valence-corrected chi connectivity index (χ1v) is 6.83. The fraction of sp³-hybridized carbons (Fsp3) is 0.250. The van der Waals surface area contributed by atoms with Crippen molar-refractivity contribution in [1.82, 2.24) is 0 Å². The van der Waals surface area contributed by atoms with Gasteiger partial charge in [0.05, 0.1) is 18.0 Å². The summed E-state index contributed by atoms with van der Waals surface area (Å²) in [4.78, 5) is 0. The van der Waals surface area contributed by atoms with Crippen molar-refractivity contribution in [3.8, 4) is 0 Å². The lowest BCUT2D eigenvalue weighted by Gasteiger charge is -2.08. The molecule has 0 amide bonds. The zero-order valence-corrected chi connectivity index (χ0v) is 10.7. The molecule has 0 aliphatic rings. The van der Waals surface area contributed by atoms with Gasteiger partial charge in [0, 0.05) is 9.50 Å². The van der Waals surface area contributed by atoms with Crippen LogP contribution in [0.25, 0.3) is 0 Å². The van der Waals surface area contributed by atoms with Gasteiger partial charge in [0.25, 0.3) is 0 Å². The van der Waals surface area contributed by atoms with Crippen LogP contribution in [-0.4, -0.2) is 25.9 Å². The minimum atomic E-state index is -3.51. The van der Waals surface area contributed by atoms with Gasteiger partial charge in [-0.25, -0.2) is 8.42 Å². The van der Waals surface area contributed by atoms with E-state index >= 15 is 0 Å². The predicted octanol–water partition coefficient (Wildman–Crippen LogP) is 1.84. The van der Waals surface area contributed by atoms with Crippen LogP contribution < -0.4 is 4.72 Å². The molecule has 0 heterocycles. The van der Waals surface area contributed by atoms with Crippen molar-refractivity contribution in [2.75, 3.05) is 17.1 Å². The molecule has 0 fully saturated rings. The van der Waals surface area contributed by atoms with Gasteiger partial charge in [-0.2, -0.15) is 0 Å². The number of hydrogen-bond donors (Lipinski definition) is 2. The number of hydrogen-bond acceptors (Lipinski definition) is 3. The van der Waals surface area contributed by atoms with Gasteiger partial charge in [0.1, 0.15) is 0 Å². The van der Waals surface area contributed by atoms with E-state index in [1.54, 1.807) is 12.1 Å².